The molecule has 0 unspecified atom stereocenters. The maximum absolute atomic E-state index is 13.4. The van der Waals surface area contributed by atoms with E-state index in [-0.39, 0.29) is 11.4 Å². The standard InChI is InChI=1S/C14H14BrFN2O/c1-2-17-13(9-6-7-9)12(15)14(19)18(17)11-5-3-4-10(16)8-11/h3-5,8-9H,2,6-7H2,1H3. The Kier molecular flexibility index (Phi) is 3.09. The second kappa shape index (κ2) is 4.63. The number of benzene rings is 1. The first-order valence-electron chi connectivity index (χ1n) is 6.40. The Morgan fingerprint density at radius 2 is 2.16 bits per heavy atom. The summed E-state index contributed by atoms with van der Waals surface area (Å²) in [5.74, 6) is 0.120. The molecule has 19 heavy (non-hydrogen) atoms. The third kappa shape index (κ3) is 2.06. The summed E-state index contributed by atoms with van der Waals surface area (Å²) in [5.41, 5.74) is 1.49. The fourth-order valence-corrected chi connectivity index (χ4v) is 3.15. The molecular formula is C14H14BrFN2O. The highest BCUT2D eigenvalue weighted by atomic mass is 79.9. The molecule has 1 aromatic carbocycles. The molecule has 1 saturated carbocycles. The van der Waals surface area contributed by atoms with E-state index in [4.69, 9.17) is 0 Å². The summed E-state index contributed by atoms with van der Waals surface area (Å²) in [7, 11) is 0. The van der Waals surface area contributed by atoms with Gasteiger partial charge in [-0.05, 0) is 53.9 Å². The first kappa shape index (κ1) is 12.7. The topological polar surface area (TPSA) is 26.9 Å². The average molecular weight is 325 g/mol. The van der Waals surface area contributed by atoms with Gasteiger partial charge in [-0.25, -0.2) is 9.07 Å². The van der Waals surface area contributed by atoms with Crippen LogP contribution in [0.5, 0.6) is 0 Å². The predicted molar refractivity (Wildman–Crippen MR) is 75.3 cm³/mol. The van der Waals surface area contributed by atoms with Gasteiger partial charge in [-0.3, -0.25) is 9.48 Å². The van der Waals surface area contributed by atoms with E-state index in [1.165, 1.54) is 12.1 Å². The molecule has 3 nitrogen and oxygen atoms in total. The quantitative estimate of drug-likeness (QED) is 0.849. The van der Waals surface area contributed by atoms with Crippen molar-refractivity contribution >= 4 is 15.9 Å². The smallest absolute Gasteiger partial charge is 0.281 e. The maximum Gasteiger partial charge on any atom is 0.286 e. The average Bonchev–Trinajstić information content (AvgIpc) is 3.18. The highest BCUT2D eigenvalue weighted by Crippen LogP contribution is 2.42. The van der Waals surface area contributed by atoms with Crippen LogP contribution in [0, 0.1) is 5.82 Å². The van der Waals surface area contributed by atoms with Crippen molar-refractivity contribution < 1.29 is 4.39 Å². The fraction of sp³-hybridized carbons (Fsp3) is 0.357. The number of rotatable bonds is 3. The molecule has 0 spiro atoms. The largest absolute Gasteiger partial charge is 0.286 e. The van der Waals surface area contributed by atoms with Crippen molar-refractivity contribution in [3.8, 4) is 5.69 Å². The third-order valence-electron chi connectivity index (χ3n) is 3.44. The Balaban J connectivity index is 2.26. The molecule has 0 amide bonds. The van der Waals surface area contributed by atoms with Crippen LogP contribution < -0.4 is 5.56 Å². The van der Waals surface area contributed by atoms with Gasteiger partial charge in [0.15, 0.2) is 0 Å². The van der Waals surface area contributed by atoms with Crippen LogP contribution in [0.1, 0.15) is 31.4 Å². The van der Waals surface area contributed by atoms with Crippen molar-refractivity contribution in [2.45, 2.75) is 32.2 Å². The van der Waals surface area contributed by atoms with Gasteiger partial charge < -0.3 is 0 Å². The molecule has 0 aliphatic heterocycles. The van der Waals surface area contributed by atoms with E-state index in [0.717, 1.165) is 18.5 Å². The van der Waals surface area contributed by atoms with Crippen LogP contribution in [-0.4, -0.2) is 9.36 Å². The first-order chi connectivity index (χ1) is 9.13. The van der Waals surface area contributed by atoms with Crippen LogP contribution in [0.15, 0.2) is 33.5 Å². The molecule has 0 saturated heterocycles. The van der Waals surface area contributed by atoms with E-state index >= 15 is 0 Å². The molecule has 1 aliphatic carbocycles. The minimum Gasteiger partial charge on any atom is -0.281 e. The zero-order valence-electron chi connectivity index (χ0n) is 10.6. The van der Waals surface area contributed by atoms with Gasteiger partial charge in [0.25, 0.3) is 5.56 Å². The van der Waals surface area contributed by atoms with Crippen LogP contribution in [0.3, 0.4) is 0 Å². The lowest BCUT2D eigenvalue weighted by molar-refractivity contribution is 0.545. The summed E-state index contributed by atoms with van der Waals surface area (Å²) in [4.78, 5) is 12.4. The summed E-state index contributed by atoms with van der Waals surface area (Å²) in [6.45, 7) is 2.68. The number of nitrogens with zero attached hydrogens (tertiary/aromatic N) is 2. The molecule has 1 aromatic heterocycles. The summed E-state index contributed by atoms with van der Waals surface area (Å²) in [6.07, 6.45) is 2.23. The van der Waals surface area contributed by atoms with Crippen LogP contribution >= 0.6 is 15.9 Å². The maximum atomic E-state index is 13.4. The molecular weight excluding hydrogens is 311 g/mol. The molecule has 0 bridgehead atoms. The highest BCUT2D eigenvalue weighted by Gasteiger charge is 2.32. The summed E-state index contributed by atoms with van der Waals surface area (Å²) in [5, 5.41) is 0. The van der Waals surface area contributed by atoms with Crippen LogP contribution in [-0.2, 0) is 6.54 Å². The lowest BCUT2D eigenvalue weighted by Gasteiger charge is -2.12. The second-order valence-electron chi connectivity index (χ2n) is 4.79. The minimum absolute atomic E-state index is 0.116. The van der Waals surface area contributed by atoms with E-state index in [9.17, 15) is 9.18 Å². The van der Waals surface area contributed by atoms with E-state index in [1.807, 2.05) is 11.6 Å². The van der Waals surface area contributed by atoms with Gasteiger partial charge in [-0.1, -0.05) is 6.07 Å². The van der Waals surface area contributed by atoms with Crippen LogP contribution in [0.4, 0.5) is 4.39 Å². The number of hydrogen-bond donors (Lipinski definition) is 0. The lowest BCUT2D eigenvalue weighted by Crippen LogP contribution is -2.21. The molecule has 1 fully saturated rings. The highest BCUT2D eigenvalue weighted by molar-refractivity contribution is 9.10. The van der Waals surface area contributed by atoms with Gasteiger partial charge in [0.2, 0.25) is 0 Å². The predicted octanol–water partition coefficient (Wildman–Crippen LogP) is 3.44. The van der Waals surface area contributed by atoms with Gasteiger partial charge in [0.1, 0.15) is 10.3 Å². The monoisotopic (exact) mass is 324 g/mol. The Morgan fingerprint density at radius 1 is 1.42 bits per heavy atom. The lowest BCUT2D eigenvalue weighted by atomic mass is 10.3. The molecule has 0 atom stereocenters. The van der Waals surface area contributed by atoms with Crippen molar-refractivity contribution in [3.05, 3.63) is 50.6 Å². The van der Waals surface area contributed by atoms with E-state index in [1.54, 1.807) is 16.8 Å². The van der Waals surface area contributed by atoms with Gasteiger partial charge in [0.05, 0.1) is 11.4 Å². The Hall–Kier alpha value is -1.36. The molecule has 3 rings (SSSR count). The van der Waals surface area contributed by atoms with E-state index < -0.39 is 0 Å². The third-order valence-corrected chi connectivity index (χ3v) is 4.19. The van der Waals surface area contributed by atoms with Crippen LogP contribution in [0.25, 0.3) is 5.69 Å². The molecule has 2 aromatic rings. The summed E-state index contributed by atoms with van der Waals surface area (Å²) >= 11 is 3.40. The number of halogens is 2. The van der Waals surface area contributed by atoms with E-state index in [0.29, 0.717) is 22.6 Å². The molecule has 0 N–H and O–H groups in total. The Labute approximate surface area is 118 Å². The molecule has 100 valence electrons. The van der Waals surface area contributed by atoms with Crippen molar-refractivity contribution in [1.82, 2.24) is 9.36 Å². The van der Waals surface area contributed by atoms with Crippen molar-refractivity contribution in [3.63, 3.8) is 0 Å². The fourth-order valence-electron chi connectivity index (χ4n) is 2.46. The van der Waals surface area contributed by atoms with Crippen LogP contribution in [0.2, 0.25) is 0 Å². The summed E-state index contributed by atoms with van der Waals surface area (Å²) in [6, 6.07) is 6.13. The van der Waals surface area contributed by atoms with Gasteiger partial charge in [-0.15, -0.1) is 0 Å². The Bertz CT molecular complexity index is 685. The van der Waals surface area contributed by atoms with Gasteiger partial charge in [0, 0.05) is 12.5 Å². The van der Waals surface area contributed by atoms with Crippen molar-refractivity contribution in [2.24, 2.45) is 0 Å². The number of hydrogen-bond acceptors (Lipinski definition) is 1. The molecule has 1 heterocycles. The van der Waals surface area contributed by atoms with Crippen molar-refractivity contribution in [2.75, 3.05) is 0 Å². The van der Waals surface area contributed by atoms with Gasteiger partial charge >= 0.3 is 0 Å². The minimum atomic E-state index is -0.336. The molecule has 1 aliphatic rings. The van der Waals surface area contributed by atoms with E-state index in [2.05, 4.69) is 15.9 Å². The first-order valence-corrected chi connectivity index (χ1v) is 7.20. The summed E-state index contributed by atoms with van der Waals surface area (Å²) < 4.78 is 17.5. The zero-order valence-corrected chi connectivity index (χ0v) is 12.2. The Morgan fingerprint density at radius 3 is 2.74 bits per heavy atom. The molecule has 5 heteroatoms. The second-order valence-corrected chi connectivity index (χ2v) is 5.58. The SMILES string of the molecule is CCn1c(C2CC2)c(Br)c(=O)n1-c1cccc(F)c1. The molecule has 0 radical (unpaired) electrons. The normalized spacial score (nSPS) is 14.9. The zero-order chi connectivity index (χ0) is 13.6. The van der Waals surface area contributed by atoms with Gasteiger partial charge in [-0.2, -0.15) is 0 Å². The van der Waals surface area contributed by atoms with Crippen molar-refractivity contribution in [1.29, 1.82) is 0 Å². The number of aromatic nitrogens is 2.